The van der Waals surface area contributed by atoms with E-state index in [2.05, 4.69) is 4.98 Å². The Hall–Kier alpha value is -0.775. The average Bonchev–Trinajstić information content (AvgIpc) is 1.85. The lowest BCUT2D eigenvalue weighted by atomic mass is 9.81. The molecule has 1 rings (SSSR count). The number of pyridine rings is 1. The lowest BCUT2D eigenvalue weighted by molar-refractivity contribution is 0.425. The molecule has 4 nitrogen and oxygen atoms in total. The molecule has 0 radical (unpaired) electrons. The lowest BCUT2D eigenvalue weighted by Gasteiger charge is -2.00. The van der Waals surface area contributed by atoms with E-state index in [0.717, 1.165) is 0 Å². The van der Waals surface area contributed by atoms with Gasteiger partial charge in [-0.05, 0) is 17.6 Å². The Balaban J connectivity index is 3.08. The maximum Gasteiger partial charge on any atom is 0.488 e. The van der Waals surface area contributed by atoms with Crippen molar-refractivity contribution in [1.29, 1.82) is 0 Å². The van der Waals surface area contributed by atoms with Crippen LogP contribution in [0.25, 0.3) is 0 Å². The second kappa shape index (κ2) is 3.08. The summed E-state index contributed by atoms with van der Waals surface area (Å²) in [4.78, 5) is 3.64. The first kappa shape index (κ1) is 8.32. The monoisotopic (exact) mass is 172 g/mol. The summed E-state index contributed by atoms with van der Waals surface area (Å²) in [6.07, 6.45) is 0. The number of rotatable bonds is 1. The van der Waals surface area contributed by atoms with Crippen LogP contribution in [0.5, 0.6) is 0 Å². The number of hydrogen-bond acceptors (Lipinski definition) is 4. The molecule has 0 aliphatic rings. The van der Waals surface area contributed by atoms with Gasteiger partial charge >= 0.3 is 7.12 Å². The molecule has 1 aromatic heterocycles. The predicted molar refractivity (Wildman–Crippen MR) is 43.5 cm³/mol. The molecule has 0 saturated carbocycles. The van der Waals surface area contributed by atoms with Crippen LogP contribution in [0.1, 0.15) is 0 Å². The van der Waals surface area contributed by atoms with Gasteiger partial charge in [-0.3, -0.25) is 0 Å². The fourth-order valence-corrected chi connectivity index (χ4v) is 0.910. The molecule has 0 aliphatic carbocycles. The second-order valence-electron chi connectivity index (χ2n) is 2.02. The zero-order chi connectivity index (χ0) is 8.43. The normalized spacial score (nSPS) is 9.73. The van der Waals surface area contributed by atoms with Gasteiger partial charge in [-0.15, -0.1) is 0 Å². The van der Waals surface area contributed by atoms with E-state index >= 15 is 0 Å². The Kier molecular flexibility index (Phi) is 2.33. The molecule has 0 aliphatic heterocycles. The van der Waals surface area contributed by atoms with Crippen LogP contribution in [0.4, 0.5) is 5.82 Å². The van der Waals surface area contributed by atoms with Crippen molar-refractivity contribution in [1.82, 2.24) is 4.98 Å². The Labute approximate surface area is 68.8 Å². The van der Waals surface area contributed by atoms with Crippen molar-refractivity contribution in [2.45, 2.75) is 0 Å². The zero-order valence-electron chi connectivity index (χ0n) is 5.53. The smallest absolute Gasteiger partial charge is 0.423 e. The van der Waals surface area contributed by atoms with E-state index in [9.17, 15) is 0 Å². The molecule has 1 heterocycles. The standard InChI is InChI=1S/C5H6BClN2O2/c7-4-1-3(6(10)11)2-5(8)9-4/h1-2,10-11H,(H2,8,9). The van der Waals surface area contributed by atoms with E-state index in [1.807, 2.05) is 0 Å². The molecular formula is C5H6BClN2O2. The molecule has 58 valence electrons. The van der Waals surface area contributed by atoms with Gasteiger partial charge in [0, 0.05) is 0 Å². The highest BCUT2D eigenvalue weighted by atomic mass is 35.5. The van der Waals surface area contributed by atoms with Crippen LogP contribution in [0.2, 0.25) is 5.15 Å². The SMILES string of the molecule is Nc1cc(B(O)O)cc(Cl)n1. The van der Waals surface area contributed by atoms with Gasteiger partial charge in [-0.25, -0.2) is 4.98 Å². The van der Waals surface area contributed by atoms with Gasteiger partial charge in [-0.2, -0.15) is 0 Å². The van der Waals surface area contributed by atoms with E-state index in [4.69, 9.17) is 27.4 Å². The van der Waals surface area contributed by atoms with Crippen molar-refractivity contribution in [3.05, 3.63) is 17.3 Å². The van der Waals surface area contributed by atoms with Crippen molar-refractivity contribution < 1.29 is 10.0 Å². The fourth-order valence-electron chi connectivity index (χ4n) is 0.687. The third kappa shape index (κ3) is 2.08. The summed E-state index contributed by atoms with van der Waals surface area (Å²) in [5.41, 5.74) is 5.52. The van der Waals surface area contributed by atoms with Gasteiger partial charge < -0.3 is 15.8 Å². The molecule has 0 spiro atoms. The van der Waals surface area contributed by atoms with E-state index in [0.29, 0.717) is 0 Å². The van der Waals surface area contributed by atoms with Gasteiger partial charge in [0.25, 0.3) is 0 Å². The van der Waals surface area contributed by atoms with Gasteiger partial charge in [0.15, 0.2) is 0 Å². The van der Waals surface area contributed by atoms with Gasteiger partial charge in [-0.1, -0.05) is 11.6 Å². The number of anilines is 1. The summed E-state index contributed by atoms with van der Waals surface area (Å²) in [5, 5.41) is 17.5. The van der Waals surface area contributed by atoms with E-state index in [1.165, 1.54) is 12.1 Å². The van der Waals surface area contributed by atoms with Crippen molar-refractivity contribution in [3.63, 3.8) is 0 Å². The van der Waals surface area contributed by atoms with Crippen LogP contribution in [0.15, 0.2) is 12.1 Å². The van der Waals surface area contributed by atoms with Crippen molar-refractivity contribution in [2.75, 3.05) is 5.73 Å². The summed E-state index contributed by atoms with van der Waals surface area (Å²) in [6, 6.07) is 2.68. The highest BCUT2D eigenvalue weighted by Gasteiger charge is 2.12. The number of nitrogens with zero attached hydrogens (tertiary/aromatic N) is 1. The molecule has 0 amide bonds. The fraction of sp³-hybridized carbons (Fsp3) is 0. The molecule has 6 heteroatoms. The Morgan fingerprint density at radius 2 is 2.09 bits per heavy atom. The Morgan fingerprint density at radius 3 is 2.55 bits per heavy atom. The van der Waals surface area contributed by atoms with E-state index in [1.54, 1.807) is 0 Å². The molecule has 0 aromatic carbocycles. The first-order chi connectivity index (χ1) is 5.09. The van der Waals surface area contributed by atoms with Crippen LogP contribution in [-0.4, -0.2) is 22.2 Å². The molecule has 4 N–H and O–H groups in total. The largest absolute Gasteiger partial charge is 0.488 e. The summed E-state index contributed by atoms with van der Waals surface area (Å²) < 4.78 is 0. The Morgan fingerprint density at radius 1 is 1.45 bits per heavy atom. The van der Waals surface area contributed by atoms with E-state index in [-0.39, 0.29) is 16.4 Å². The second-order valence-corrected chi connectivity index (χ2v) is 2.41. The predicted octanol–water partition coefficient (Wildman–Crippen LogP) is -1.00. The first-order valence-corrected chi connectivity index (χ1v) is 3.26. The minimum Gasteiger partial charge on any atom is -0.423 e. The van der Waals surface area contributed by atoms with Crippen LogP contribution in [0.3, 0.4) is 0 Å². The van der Waals surface area contributed by atoms with Gasteiger partial charge in [0.1, 0.15) is 11.0 Å². The molecule has 0 bridgehead atoms. The van der Waals surface area contributed by atoms with Crippen molar-refractivity contribution in [3.8, 4) is 0 Å². The maximum absolute atomic E-state index is 8.69. The topological polar surface area (TPSA) is 79.4 Å². The van der Waals surface area contributed by atoms with Gasteiger partial charge in [0.2, 0.25) is 0 Å². The first-order valence-electron chi connectivity index (χ1n) is 2.88. The molecule has 1 aromatic rings. The maximum atomic E-state index is 8.69. The summed E-state index contributed by atoms with van der Waals surface area (Å²) >= 11 is 5.48. The summed E-state index contributed by atoms with van der Waals surface area (Å²) in [5.74, 6) is 0.167. The number of aromatic nitrogens is 1. The number of nitrogens with two attached hydrogens (primary N) is 1. The molecular weight excluding hydrogens is 166 g/mol. The average molecular weight is 172 g/mol. The van der Waals surface area contributed by atoms with Crippen LogP contribution < -0.4 is 11.2 Å². The van der Waals surface area contributed by atoms with Crippen LogP contribution in [0, 0.1) is 0 Å². The number of nitrogen functional groups attached to an aromatic ring is 1. The third-order valence-corrected chi connectivity index (χ3v) is 1.33. The van der Waals surface area contributed by atoms with E-state index < -0.39 is 7.12 Å². The molecule has 11 heavy (non-hydrogen) atoms. The molecule has 0 atom stereocenters. The summed E-state index contributed by atoms with van der Waals surface area (Å²) in [7, 11) is -1.56. The number of halogens is 1. The zero-order valence-corrected chi connectivity index (χ0v) is 6.28. The summed E-state index contributed by atoms with van der Waals surface area (Å²) in [6.45, 7) is 0. The van der Waals surface area contributed by atoms with Gasteiger partial charge in [0.05, 0.1) is 0 Å². The molecule has 0 saturated heterocycles. The quantitative estimate of drug-likeness (QED) is 0.375. The van der Waals surface area contributed by atoms with Crippen LogP contribution >= 0.6 is 11.6 Å². The van der Waals surface area contributed by atoms with Crippen molar-refractivity contribution >= 4 is 30.0 Å². The third-order valence-electron chi connectivity index (χ3n) is 1.13. The highest BCUT2D eigenvalue weighted by molar-refractivity contribution is 6.59. The van der Waals surface area contributed by atoms with Crippen LogP contribution in [-0.2, 0) is 0 Å². The minimum absolute atomic E-state index is 0.146. The molecule has 0 fully saturated rings. The Bertz CT molecular complexity index is 248. The number of hydrogen-bond donors (Lipinski definition) is 3. The van der Waals surface area contributed by atoms with Crippen molar-refractivity contribution in [2.24, 2.45) is 0 Å². The molecule has 0 unspecified atom stereocenters. The minimum atomic E-state index is -1.56. The lowest BCUT2D eigenvalue weighted by Crippen LogP contribution is -2.30. The highest BCUT2D eigenvalue weighted by Crippen LogP contribution is 2.04.